The summed E-state index contributed by atoms with van der Waals surface area (Å²) in [5, 5.41) is 0. The Labute approximate surface area is 112 Å². The van der Waals surface area contributed by atoms with Gasteiger partial charge in [-0.3, -0.25) is 0 Å². The molecule has 0 spiro atoms. The van der Waals surface area contributed by atoms with Crippen molar-refractivity contribution in [1.29, 1.82) is 0 Å². The molecule has 0 aromatic carbocycles. The zero-order valence-corrected chi connectivity index (χ0v) is 12.3. The minimum atomic E-state index is -4.01. The van der Waals surface area contributed by atoms with Crippen LogP contribution in [0.15, 0.2) is 0 Å². The molecule has 3 nitrogen and oxygen atoms in total. The molecule has 0 radical (unpaired) electrons. The normalized spacial score (nSPS) is 5.14. The molecule has 7 heavy (non-hydrogen) atoms. The van der Waals surface area contributed by atoms with Crippen molar-refractivity contribution in [2.45, 2.75) is 0 Å². The van der Waals surface area contributed by atoms with Crippen LogP contribution in [0, 0.1) is 0 Å². The minimum absolute atomic E-state index is 0. The van der Waals surface area contributed by atoms with E-state index in [4.69, 9.17) is 10.3 Å². The van der Waals surface area contributed by atoms with Gasteiger partial charge in [-0.2, -0.15) is 0 Å². The molecule has 0 unspecified atom stereocenters. The number of rotatable bonds is 0. The fraction of sp³-hybridized carbons (Fsp3) is 0. The molecule has 0 aliphatic rings. The van der Waals surface area contributed by atoms with E-state index in [2.05, 4.69) is 0 Å². The van der Waals surface area contributed by atoms with Gasteiger partial charge >= 0.3 is 59.1 Å². The van der Waals surface area contributed by atoms with E-state index in [0.29, 0.717) is 0 Å². The average Bonchev–Trinajstić information content (AvgIpc) is 0.811. The number of hydrogen-bond donors (Lipinski definition) is 0. The molecule has 0 N–H and O–H groups in total. The van der Waals surface area contributed by atoms with Crippen LogP contribution in [0.1, 0.15) is 0 Å². The SMILES string of the molecule is [I-].[Na+].[Na+].[O-][I+2]([O-])[O-]. The Morgan fingerprint density at radius 1 is 0.857 bits per heavy atom. The average molecular weight is 348 g/mol. The summed E-state index contributed by atoms with van der Waals surface area (Å²) in [5.74, 6) is 0. The Kier molecular flexibility index (Phi) is 51.8. The van der Waals surface area contributed by atoms with E-state index in [9.17, 15) is 0 Å². The second-order valence-corrected chi connectivity index (χ2v) is 1.27. The molecule has 0 saturated carbocycles. The first-order valence-corrected chi connectivity index (χ1v) is 3.11. The number of halogens is 2. The van der Waals surface area contributed by atoms with E-state index in [-0.39, 0.29) is 83.1 Å². The second kappa shape index (κ2) is 16.2. The smallest absolute Gasteiger partial charge is 1.00 e. The van der Waals surface area contributed by atoms with Crippen molar-refractivity contribution >= 4 is 0 Å². The molecule has 0 saturated heterocycles. The van der Waals surface area contributed by atoms with Gasteiger partial charge in [0.25, 0.3) is 21.1 Å². The van der Waals surface area contributed by atoms with Crippen LogP contribution in [0.2, 0.25) is 0 Å². The first-order chi connectivity index (χ1) is 1.73. The van der Waals surface area contributed by atoms with Crippen LogP contribution in [0.3, 0.4) is 0 Å². The molecule has 0 aliphatic carbocycles. The Hall–Kier alpha value is 3.34. The van der Waals surface area contributed by atoms with E-state index in [1.54, 1.807) is 0 Å². The predicted molar refractivity (Wildman–Crippen MR) is 0 cm³/mol. The van der Waals surface area contributed by atoms with Crippen molar-refractivity contribution in [2.24, 2.45) is 0 Å². The van der Waals surface area contributed by atoms with Crippen LogP contribution in [0.25, 0.3) is 0 Å². The molecule has 0 bridgehead atoms. The Morgan fingerprint density at radius 2 is 0.857 bits per heavy atom. The fourth-order valence-corrected chi connectivity index (χ4v) is 0. The molecule has 0 atom stereocenters. The van der Waals surface area contributed by atoms with Crippen molar-refractivity contribution in [3.63, 3.8) is 0 Å². The van der Waals surface area contributed by atoms with Gasteiger partial charge in [0.05, 0.1) is 0 Å². The summed E-state index contributed by atoms with van der Waals surface area (Å²) >= 11 is -4.01. The molecule has 7 heteroatoms. The molecule has 0 amide bonds. The summed E-state index contributed by atoms with van der Waals surface area (Å²) < 4.78 is 25.7. The third-order valence-corrected chi connectivity index (χ3v) is 0. The summed E-state index contributed by atoms with van der Waals surface area (Å²) in [4.78, 5) is 0. The van der Waals surface area contributed by atoms with Crippen LogP contribution in [-0.2, 0) is 0 Å². The van der Waals surface area contributed by atoms with Gasteiger partial charge in [-0.15, -0.1) is 0 Å². The monoisotopic (exact) mass is 348 g/mol. The third-order valence-electron chi connectivity index (χ3n) is 0. The summed E-state index contributed by atoms with van der Waals surface area (Å²) in [7, 11) is 0. The molecular formula is I2Na2O3. The van der Waals surface area contributed by atoms with Crippen molar-refractivity contribution in [3.8, 4) is 0 Å². The summed E-state index contributed by atoms with van der Waals surface area (Å²) in [6.45, 7) is 0. The molecule has 0 aromatic rings. The van der Waals surface area contributed by atoms with E-state index in [1.807, 2.05) is 0 Å². The topological polar surface area (TPSA) is 69.2 Å². The predicted octanol–water partition coefficient (Wildman–Crippen LogP) is -15.6. The van der Waals surface area contributed by atoms with Crippen LogP contribution in [-0.4, -0.2) is 0 Å². The van der Waals surface area contributed by atoms with E-state index in [1.165, 1.54) is 0 Å². The van der Waals surface area contributed by atoms with Crippen LogP contribution >= 0.6 is 0 Å². The zero-order chi connectivity index (χ0) is 3.58. The molecule has 0 fully saturated rings. The van der Waals surface area contributed by atoms with E-state index >= 15 is 0 Å². The van der Waals surface area contributed by atoms with Gasteiger partial charge in [0, 0.05) is 0 Å². The van der Waals surface area contributed by atoms with E-state index in [0.717, 1.165) is 0 Å². The molecule has 0 aliphatic heterocycles. The van der Waals surface area contributed by atoms with Gasteiger partial charge in [-0.25, -0.2) is 0 Å². The Morgan fingerprint density at radius 3 is 0.857 bits per heavy atom. The quantitative estimate of drug-likeness (QED) is 0.323. The van der Waals surface area contributed by atoms with Gasteiger partial charge in [0.15, 0.2) is 0 Å². The molecule has 0 heterocycles. The Bertz CT molecular complexity index is 15.7. The van der Waals surface area contributed by atoms with Gasteiger partial charge in [0.2, 0.25) is 0 Å². The fourth-order valence-electron chi connectivity index (χ4n) is 0. The molecule has 34 valence electrons. The Balaban J connectivity index is -0.0000000150. The molecule has 0 aromatic heterocycles. The number of hydrogen-bond acceptors (Lipinski definition) is 3. The van der Waals surface area contributed by atoms with Crippen molar-refractivity contribution in [3.05, 3.63) is 0 Å². The van der Waals surface area contributed by atoms with E-state index < -0.39 is 21.1 Å². The van der Waals surface area contributed by atoms with Crippen LogP contribution < -0.4 is 114 Å². The summed E-state index contributed by atoms with van der Waals surface area (Å²) in [6, 6.07) is 0. The molecular weight excluding hydrogens is 348 g/mol. The summed E-state index contributed by atoms with van der Waals surface area (Å²) in [5.41, 5.74) is 0. The molecule has 0 rings (SSSR count). The van der Waals surface area contributed by atoms with Gasteiger partial charge in [-0.05, 0) is 0 Å². The van der Waals surface area contributed by atoms with Crippen molar-refractivity contribution < 1.29 is 114 Å². The van der Waals surface area contributed by atoms with Crippen molar-refractivity contribution in [2.75, 3.05) is 0 Å². The van der Waals surface area contributed by atoms with Crippen LogP contribution in [0.5, 0.6) is 0 Å². The van der Waals surface area contributed by atoms with Gasteiger partial charge in [0.1, 0.15) is 0 Å². The maximum atomic E-state index is 8.57. The third kappa shape index (κ3) is 45.1. The second-order valence-electron chi connectivity index (χ2n) is 0.189. The summed E-state index contributed by atoms with van der Waals surface area (Å²) in [6.07, 6.45) is 0. The largest absolute Gasteiger partial charge is 1.00 e. The minimum Gasteiger partial charge on any atom is -1.00 e. The maximum Gasteiger partial charge on any atom is 1.00 e. The first kappa shape index (κ1) is 22.4. The van der Waals surface area contributed by atoms with Crippen molar-refractivity contribution in [1.82, 2.24) is 0 Å². The standard InChI is InChI=1S/IO3.HI.2Na/c2-1(3)4;;;/h;1H;;/q-1;;2*+1/p-1. The van der Waals surface area contributed by atoms with Crippen LogP contribution in [0.4, 0.5) is 0 Å². The first-order valence-electron chi connectivity index (χ1n) is 0.463. The zero-order valence-electron chi connectivity index (χ0n) is 3.98. The van der Waals surface area contributed by atoms with Gasteiger partial charge in [-0.1, -0.05) is 0 Å². The van der Waals surface area contributed by atoms with Gasteiger partial charge < -0.3 is 34.3 Å². The maximum absolute atomic E-state index is 8.57.